The standard InChI is InChI=1S/C18H35N3O4S/c1-19-18(20-9-12-24-13-14-26(2,22)23)21-10-7-17(8-11-21)25-15-16-5-3-4-6-16/h16-17H,3-15H2,1-2H3,(H,19,20). The topological polar surface area (TPSA) is 80.2 Å². The van der Waals surface area contributed by atoms with Crippen LogP contribution in [-0.2, 0) is 19.3 Å². The minimum absolute atomic E-state index is 0.0656. The van der Waals surface area contributed by atoms with Crippen molar-refractivity contribution in [2.75, 3.05) is 58.5 Å². The van der Waals surface area contributed by atoms with Crippen molar-refractivity contribution in [3.05, 3.63) is 0 Å². The van der Waals surface area contributed by atoms with Crippen molar-refractivity contribution in [3.63, 3.8) is 0 Å². The van der Waals surface area contributed by atoms with Gasteiger partial charge in [0.25, 0.3) is 0 Å². The number of rotatable bonds is 9. The van der Waals surface area contributed by atoms with Crippen LogP contribution in [0.15, 0.2) is 4.99 Å². The number of hydrogen-bond donors (Lipinski definition) is 1. The molecule has 0 atom stereocenters. The molecular formula is C18H35N3O4S. The molecule has 26 heavy (non-hydrogen) atoms. The Hall–Kier alpha value is -0.860. The molecule has 1 saturated heterocycles. The molecule has 2 aliphatic rings. The van der Waals surface area contributed by atoms with E-state index in [0.29, 0.717) is 19.3 Å². The lowest BCUT2D eigenvalue weighted by atomic mass is 10.1. The van der Waals surface area contributed by atoms with Crippen LogP contribution in [0.4, 0.5) is 0 Å². The predicted molar refractivity (Wildman–Crippen MR) is 104 cm³/mol. The van der Waals surface area contributed by atoms with Crippen LogP contribution in [0.3, 0.4) is 0 Å². The second kappa shape index (κ2) is 11.1. The first kappa shape index (κ1) is 21.4. The monoisotopic (exact) mass is 389 g/mol. The molecule has 0 aromatic carbocycles. The zero-order chi connectivity index (χ0) is 18.8. The molecule has 0 unspecified atom stereocenters. The van der Waals surface area contributed by atoms with Crippen LogP contribution in [0.25, 0.3) is 0 Å². The molecule has 2 rings (SSSR count). The van der Waals surface area contributed by atoms with Crippen LogP contribution in [0.2, 0.25) is 0 Å². The molecule has 0 aromatic rings. The third kappa shape index (κ3) is 8.22. The number of sulfone groups is 1. The van der Waals surface area contributed by atoms with Gasteiger partial charge in [-0.25, -0.2) is 8.42 Å². The second-order valence-corrected chi connectivity index (χ2v) is 9.65. The van der Waals surface area contributed by atoms with Crippen molar-refractivity contribution in [3.8, 4) is 0 Å². The molecule has 8 heteroatoms. The molecule has 0 radical (unpaired) electrons. The van der Waals surface area contributed by atoms with E-state index in [9.17, 15) is 8.42 Å². The Labute approximate surface area is 158 Å². The van der Waals surface area contributed by atoms with Crippen LogP contribution >= 0.6 is 0 Å². The van der Waals surface area contributed by atoms with E-state index >= 15 is 0 Å². The minimum Gasteiger partial charge on any atom is -0.379 e. The van der Waals surface area contributed by atoms with Crippen molar-refractivity contribution < 1.29 is 17.9 Å². The molecule has 0 bridgehead atoms. The fourth-order valence-electron chi connectivity index (χ4n) is 3.56. The highest BCUT2D eigenvalue weighted by molar-refractivity contribution is 7.90. The Bertz CT molecular complexity index is 525. The lowest BCUT2D eigenvalue weighted by Crippen LogP contribution is -2.47. The summed E-state index contributed by atoms with van der Waals surface area (Å²) in [6.07, 6.45) is 9.08. The Morgan fingerprint density at radius 1 is 1.15 bits per heavy atom. The van der Waals surface area contributed by atoms with Crippen molar-refractivity contribution in [2.24, 2.45) is 10.9 Å². The Balaban J connectivity index is 1.57. The van der Waals surface area contributed by atoms with E-state index < -0.39 is 9.84 Å². The van der Waals surface area contributed by atoms with Crippen LogP contribution in [0, 0.1) is 5.92 Å². The molecule has 7 nitrogen and oxygen atoms in total. The maximum absolute atomic E-state index is 11.0. The van der Waals surface area contributed by atoms with Gasteiger partial charge in [0, 0.05) is 39.5 Å². The number of aliphatic imine (C=N–C) groups is 1. The lowest BCUT2D eigenvalue weighted by molar-refractivity contribution is 0.000967. The second-order valence-electron chi connectivity index (χ2n) is 7.39. The number of guanidine groups is 1. The van der Waals surface area contributed by atoms with Gasteiger partial charge in [-0.15, -0.1) is 0 Å². The van der Waals surface area contributed by atoms with E-state index in [4.69, 9.17) is 9.47 Å². The average Bonchev–Trinajstić information content (AvgIpc) is 3.13. The van der Waals surface area contributed by atoms with Gasteiger partial charge in [-0.05, 0) is 31.6 Å². The summed E-state index contributed by atoms with van der Waals surface area (Å²) in [5.41, 5.74) is 0. The number of nitrogens with zero attached hydrogens (tertiary/aromatic N) is 2. The third-order valence-corrected chi connectivity index (χ3v) is 6.03. The first-order valence-corrected chi connectivity index (χ1v) is 11.9. The van der Waals surface area contributed by atoms with Gasteiger partial charge < -0.3 is 19.7 Å². The average molecular weight is 390 g/mol. The van der Waals surface area contributed by atoms with E-state index in [1.807, 2.05) is 0 Å². The van der Waals surface area contributed by atoms with Gasteiger partial charge in [-0.3, -0.25) is 4.99 Å². The van der Waals surface area contributed by atoms with Crippen molar-refractivity contribution in [1.29, 1.82) is 0 Å². The summed E-state index contributed by atoms with van der Waals surface area (Å²) in [6, 6.07) is 0. The highest BCUT2D eigenvalue weighted by Crippen LogP contribution is 2.26. The van der Waals surface area contributed by atoms with Crippen LogP contribution in [0.5, 0.6) is 0 Å². The van der Waals surface area contributed by atoms with Crippen LogP contribution in [-0.4, -0.2) is 83.9 Å². The van der Waals surface area contributed by atoms with Gasteiger partial charge in [0.2, 0.25) is 0 Å². The van der Waals surface area contributed by atoms with E-state index in [1.54, 1.807) is 7.05 Å². The zero-order valence-corrected chi connectivity index (χ0v) is 17.1. The first-order valence-electron chi connectivity index (χ1n) is 9.80. The number of likely N-dealkylation sites (tertiary alicyclic amines) is 1. The molecular weight excluding hydrogens is 354 g/mol. The van der Waals surface area contributed by atoms with Gasteiger partial charge >= 0.3 is 0 Å². The highest BCUT2D eigenvalue weighted by atomic mass is 32.2. The molecule has 152 valence electrons. The molecule has 0 spiro atoms. The highest BCUT2D eigenvalue weighted by Gasteiger charge is 2.23. The zero-order valence-electron chi connectivity index (χ0n) is 16.3. The molecule has 2 fully saturated rings. The largest absolute Gasteiger partial charge is 0.379 e. The fourth-order valence-corrected chi connectivity index (χ4v) is 3.98. The molecule has 1 N–H and O–H groups in total. The number of nitrogens with one attached hydrogen (secondary N) is 1. The van der Waals surface area contributed by atoms with Crippen molar-refractivity contribution >= 4 is 15.8 Å². The van der Waals surface area contributed by atoms with Crippen molar-refractivity contribution in [2.45, 2.75) is 44.6 Å². The van der Waals surface area contributed by atoms with E-state index in [-0.39, 0.29) is 12.4 Å². The van der Waals surface area contributed by atoms with Gasteiger partial charge in [0.15, 0.2) is 5.96 Å². The quantitative estimate of drug-likeness (QED) is 0.364. The van der Waals surface area contributed by atoms with Crippen LogP contribution < -0.4 is 5.32 Å². The van der Waals surface area contributed by atoms with Crippen LogP contribution in [0.1, 0.15) is 38.5 Å². The molecule has 1 aliphatic carbocycles. The van der Waals surface area contributed by atoms with Crippen molar-refractivity contribution in [1.82, 2.24) is 10.2 Å². The Morgan fingerprint density at radius 2 is 1.85 bits per heavy atom. The van der Waals surface area contributed by atoms with Gasteiger partial charge in [-0.2, -0.15) is 0 Å². The SMILES string of the molecule is CN=C(NCCOCCS(C)(=O)=O)N1CCC(OCC2CCCC2)CC1. The normalized spacial score (nSPS) is 20.7. The summed E-state index contributed by atoms with van der Waals surface area (Å²) >= 11 is 0. The van der Waals surface area contributed by atoms with Gasteiger partial charge in [0.05, 0.1) is 25.1 Å². The summed E-state index contributed by atoms with van der Waals surface area (Å²) in [5, 5.41) is 3.29. The summed E-state index contributed by atoms with van der Waals surface area (Å²) in [6.45, 7) is 4.16. The number of ether oxygens (including phenoxy) is 2. The van der Waals surface area contributed by atoms with E-state index in [1.165, 1.54) is 31.9 Å². The smallest absolute Gasteiger partial charge is 0.193 e. The summed E-state index contributed by atoms with van der Waals surface area (Å²) in [5.74, 6) is 1.73. The number of piperidine rings is 1. The Morgan fingerprint density at radius 3 is 2.46 bits per heavy atom. The molecule has 1 heterocycles. The molecule has 0 amide bonds. The maximum Gasteiger partial charge on any atom is 0.193 e. The summed E-state index contributed by atoms with van der Waals surface area (Å²) in [7, 11) is -1.17. The summed E-state index contributed by atoms with van der Waals surface area (Å²) < 4.78 is 33.6. The molecule has 1 aliphatic heterocycles. The predicted octanol–water partition coefficient (Wildman–Crippen LogP) is 1.29. The molecule has 0 aromatic heterocycles. The maximum atomic E-state index is 11.0. The summed E-state index contributed by atoms with van der Waals surface area (Å²) in [4.78, 5) is 6.60. The van der Waals surface area contributed by atoms with Gasteiger partial charge in [-0.1, -0.05) is 12.8 Å². The van der Waals surface area contributed by atoms with E-state index in [2.05, 4.69) is 15.2 Å². The van der Waals surface area contributed by atoms with E-state index in [0.717, 1.165) is 44.4 Å². The fraction of sp³-hybridized carbons (Fsp3) is 0.944. The number of hydrogen-bond acceptors (Lipinski definition) is 5. The van der Waals surface area contributed by atoms with Gasteiger partial charge in [0.1, 0.15) is 9.84 Å². The third-order valence-electron chi connectivity index (χ3n) is 5.12. The lowest BCUT2D eigenvalue weighted by Gasteiger charge is -2.34. The molecule has 1 saturated carbocycles. The first-order chi connectivity index (χ1) is 12.5. The Kier molecular flexibility index (Phi) is 9.15. The minimum atomic E-state index is -2.95.